The third kappa shape index (κ3) is 2.32. The molecule has 3 rings (SSSR count). The van der Waals surface area contributed by atoms with Crippen molar-refractivity contribution in [1.82, 2.24) is 9.78 Å². The monoisotopic (exact) mass is 288 g/mol. The molecule has 0 atom stereocenters. The standard InChI is InChI=1S/C14H9ClN2OS/c15-14(18)12-9-11(13-7-4-8-19-13)16-17(12)10-5-2-1-3-6-10/h1-9H. The predicted octanol–water partition coefficient (Wildman–Crippen LogP) is 3.98. The zero-order valence-corrected chi connectivity index (χ0v) is 11.4. The highest BCUT2D eigenvalue weighted by Gasteiger charge is 2.16. The Morgan fingerprint density at radius 1 is 1.16 bits per heavy atom. The van der Waals surface area contributed by atoms with E-state index in [9.17, 15) is 4.79 Å². The van der Waals surface area contributed by atoms with E-state index in [0.717, 1.165) is 16.3 Å². The van der Waals surface area contributed by atoms with E-state index in [0.29, 0.717) is 5.69 Å². The van der Waals surface area contributed by atoms with Crippen molar-refractivity contribution in [2.75, 3.05) is 0 Å². The Kier molecular flexibility index (Phi) is 3.19. The quantitative estimate of drug-likeness (QED) is 0.683. The Morgan fingerprint density at radius 2 is 1.95 bits per heavy atom. The van der Waals surface area contributed by atoms with Gasteiger partial charge in [-0.15, -0.1) is 11.3 Å². The van der Waals surface area contributed by atoms with Crippen molar-refractivity contribution in [3.05, 3.63) is 59.6 Å². The molecule has 0 unspecified atom stereocenters. The van der Waals surface area contributed by atoms with Crippen molar-refractivity contribution in [2.24, 2.45) is 0 Å². The highest BCUT2D eigenvalue weighted by Crippen LogP contribution is 2.26. The zero-order chi connectivity index (χ0) is 13.2. The minimum atomic E-state index is -0.515. The average molecular weight is 289 g/mol. The zero-order valence-electron chi connectivity index (χ0n) is 9.79. The van der Waals surface area contributed by atoms with Gasteiger partial charge in [0.25, 0.3) is 5.24 Å². The van der Waals surface area contributed by atoms with E-state index in [4.69, 9.17) is 11.6 Å². The van der Waals surface area contributed by atoms with E-state index in [2.05, 4.69) is 5.10 Å². The van der Waals surface area contributed by atoms with Crippen LogP contribution in [-0.4, -0.2) is 15.0 Å². The van der Waals surface area contributed by atoms with E-state index in [1.54, 1.807) is 22.1 Å². The minimum Gasteiger partial charge on any atom is -0.274 e. The van der Waals surface area contributed by atoms with Gasteiger partial charge >= 0.3 is 0 Å². The smallest absolute Gasteiger partial charge is 0.270 e. The molecule has 0 aliphatic carbocycles. The second-order valence-electron chi connectivity index (χ2n) is 3.91. The first-order valence-electron chi connectivity index (χ1n) is 5.65. The number of carbonyl (C=O) groups is 1. The number of nitrogens with zero attached hydrogens (tertiary/aromatic N) is 2. The molecular weight excluding hydrogens is 280 g/mol. The van der Waals surface area contributed by atoms with Crippen LogP contribution in [0.3, 0.4) is 0 Å². The SMILES string of the molecule is O=C(Cl)c1cc(-c2cccs2)nn1-c1ccccc1. The van der Waals surface area contributed by atoms with Gasteiger partial charge in [-0.3, -0.25) is 4.79 Å². The molecule has 19 heavy (non-hydrogen) atoms. The Labute approximate surface area is 119 Å². The molecule has 2 heterocycles. The summed E-state index contributed by atoms with van der Waals surface area (Å²) in [6.07, 6.45) is 0. The van der Waals surface area contributed by atoms with Gasteiger partial charge in [0.1, 0.15) is 11.4 Å². The molecular formula is C14H9ClN2OS. The summed E-state index contributed by atoms with van der Waals surface area (Å²) < 4.78 is 1.57. The van der Waals surface area contributed by atoms with Gasteiger partial charge in [0.2, 0.25) is 0 Å². The molecule has 3 aromatic rings. The predicted molar refractivity (Wildman–Crippen MR) is 77.1 cm³/mol. The highest BCUT2D eigenvalue weighted by atomic mass is 35.5. The van der Waals surface area contributed by atoms with Crippen LogP contribution in [0.4, 0.5) is 0 Å². The van der Waals surface area contributed by atoms with Crippen LogP contribution < -0.4 is 0 Å². The van der Waals surface area contributed by atoms with Gasteiger partial charge in [-0.25, -0.2) is 4.68 Å². The van der Waals surface area contributed by atoms with E-state index < -0.39 is 5.24 Å². The van der Waals surface area contributed by atoms with Crippen LogP contribution in [-0.2, 0) is 0 Å². The minimum absolute atomic E-state index is 0.372. The number of aromatic nitrogens is 2. The Balaban J connectivity index is 2.16. The van der Waals surface area contributed by atoms with Crippen molar-refractivity contribution in [3.63, 3.8) is 0 Å². The summed E-state index contributed by atoms with van der Waals surface area (Å²) >= 11 is 7.21. The molecule has 5 heteroatoms. The second-order valence-corrected chi connectivity index (χ2v) is 5.20. The summed E-state index contributed by atoms with van der Waals surface area (Å²) in [5, 5.41) is 5.92. The molecule has 94 valence electrons. The fourth-order valence-electron chi connectivity index (χ4n) is 1.83. The summed E-state index contributed by atoms with van der Waals surface area (Å²) in [5.41, 5.74) is 1.94. The topological polar surface area (TPSA) is 34.9 Å². The molecule has 0 saturated heterocycles. The van der Waals surface area contributed by atoms with E-state index >= 15 is 0 Å². The number of carbonyl (C=O) groups excluding carboxylic acids is 1. The van der Waals surface area contributed by atoms with Crippen molar-refractivity contribution in [1.29, 1.82) is 0 Å². The number of rotatable bonds is 3. The first-order chi connectivity index (χ1) is 9.25. The van der Waals surface area contributed by atoms with Crippen LogP contribution in [0.15, 0.2) is 53.9 Å². The Bertz CT molecular complexity index is 704. The summed E-state index contributed by atoms with van der Waals surface area (Å²) in [5.74, 6) is 0. The lowest BCUT2D eigenvalue weighted by molar-refractivity contribution is 0.107. The van der Waals surface area contributed by atoms with Gasteiger partial charge in [-0.05, 0) is 41.2 Å². The van der Waals surface area contributed by atoms with Crippen LogP contribution >= 0.6 is 22.9 Å². The van der Waals surface area contributed by atoms with Crippen molar-refractivity contribution < 1.29 is 4.79 Å². The summed E-state index contributed by atoms with van der Waals surface area (Å²) in [7, 11) is 0. The summed E-state index contributed by atoms with van der Waals surface area (Å²) in [6.45, 7) is 0. The normalized spacial score (nSPS) is 10.6. The molecule has 0 amide bonds. The number of halogens is 1. The number of hydrogen-bond acceptors (Lipinski definition) is 3. The fraction of sp³-hybridized carbons (Fsp3) is 0. The Morgan fingerprint density at radius 3 is 2.58 bits per heavy atom. The van der Waals surface area contributed by atoms with Crippen LogP contribution in [0, 0.1) is 0 Å². The molecule has 0 aliphatic rings. The number of para-hydroxylation sites is 1. The molecule has 0 bridgehead atoms. The number of benzene rings is 1. The maximum absolute atomic E-state index is 11.5. The fourth-order valence-corrected chi connectivity index (χ4v) is 2.65. The van der Waals surface area contributed by atoms with Crippen LogP contribution in [0.5, 0.6) is 0 Å². The van der Waals surface area contributed by atoms with Gasteiger partial charge in [0.15, 0.2) is 0 Å². The number of hydrogen-bond donors (Lipinski definition) is 0. The van der Waals surface area contributed by atoms with Crippen LogP contribution in [0.1, 0.15) is 10.5 Å². The molecule has 0 aliphatic heterocycles. The van der Waals surface area contributed by atoms with Gasteiger partial charge in [0, 0.05) is 0 Å². The molecule has 0 saturated carbocycles. The highest BCUT2D eigenvalue weighted by molar-refractivity contribution is 7.13. The van der Waals surface area contributed by atoms with Crippen molar-refractivity contribution in [3.8, 4) is 16.3 Å². The first kappa shape index (κ1) is 12.1. The maximum Gasteiger partial charge on any atom is 0.270 e. The molecule has 2 aromatic heterocycles. The molecule has 0 spiro atoms. The molecule has 0 radical (unpaired) electrons. The molecule has 1 aromatic carbocycles. The summed E-state index contributed by atoms with van der Waals surface area (Å²) in [6, 6.07) is 15.1. The molecule has 3 nitrogen and oxygen atoms in total. The Hall–Kier alpha value is -1.91. The maximum atomic E-state index is 11.5. The van der Waals surface area contributed by atoms with E-state index in [1.807, 2.05) is 47.8 Å². The van der Waals surface area contributed by atoms with Crippen LogP contribution in [0.25, 0.3) is 16.3 Å². The van der Waals surface area contributed by atoms with Gasteiger partial charge in [-0.2, -0.15) is 5.10 Å². The average Bonchev–Trinajstić information content (AvgIpc) is 3.08. The largest absolute Gasteiger partial charge is 0.274 e. The van der Waals surface area contributed by atoms with E-state index in [1.165, 1.54) is 0 Å². The lowest BCUT2D eigenvalue weighted by atomic mass is 10.3. The van der Waals surface area contributed by atoms with Crippen LogP contribution in [0.2, 0.25) is 0 Å². The van der Waals surface area contributed by atoms with Gasteiger partial charge in [-0.1, -0.05) is 24.3 Å². The van der Waals surface area contributed by atoms with Crippen molar-refractivity contribution in [2.45, 2.75) is 0 Å². The van der Waals surface area contributed by atoms with E-state index in [-0.39, 0.29) is 0 Å². The van der Waals surface area contributed by atoms with Gasteiger partial charge < -0.3 is 0 Å². The third-order valence-corrected chi connectivity index (χ3v) is 3.77. The second kappa shape index (κ2) is 4.99. The molecule has 0 N–H and O–H groups in total. The summed E-state index contributed by atoms with van der Waals surface area (Å²) in [4.78, 5) is 12.5. The van der Waals surface area contributed by atoms with Gasteiger partial charge in [0.05, 0.1) is 10.6 Å². The lowest BCUT2D eigenvalue weighted by Crippen LogP contribution is -2.04. The lowest BCUT2D eigenvalue weighted by Gasteiger charge is -2.03. The number of thiophene rings is 1. The van der Waals surface area contributed by atoms with Crippen molar-refractivity contribution >= 4 is 28.2 Å². The first-order valence-corrected chi connectivity index (χ1v) is 6.90. The molecule has 0 fully saturated rings. The third-order valence-electron chi connectivity index (χ3n) is 2.69.